The first-order valence-corrected chi connectivity index (χ1v) is 7.73. The molecule has 1 unspecified atom stereocenters. The van der Waals surface area contributed by atoms with Crippen LogP contribution in [-0.2, 0) is 12.8 Å². The summed E-state index contributed by atoms with van der Waals surface area (Å²) in [5, 5.41) is 0.000787. The van der Waals surface area contributed by atoms with Gasteiger partial charge in [0.25, 0.3) is 0 Å². The van der Waals surface area contributed by atoms with Crippen LogP contribution in [0.1, 0.15) is 43.8 Å². The summed E-state index contributed by atoms with van der Waals surface area (Å²) in [5.74, 6) is 0. The van der Waals surface area contributed by atoms with Crippen molar-refractivity contribution in [3.8, 4) is 0 Å². The van der Waals surface area contributed by atoms with Gasteiger partial charge in [-0.05, 0) is 61.4 Å². The molecular formula is C16H17ClS. The van der Waals surface area contributed by atoms with Crippen LogP contribution >= 0.6 is 22.9 Å². The van der Waals surface area contributed by atoms with Crippen LogP contribution in [-0.4, -0.2) is 0 Å². The second kappa shape index (κ2) is 4.71. The molecular weight excluding hydrogens is 260 g/mol. The van der Waals surface area contributed by atoms with Crippen LogP contribution in [0.15, 0.2) is 24.3 Å². The Morgan fingerprint density at radius 1 is 1.11 bits per heavy atom. The molecule has 1 heterocycles. The number of thiophene rings is 1. The first-order valence-electron chi connectivity index (χ1n) is 6.48. The van der Waals surface area contributed by atoms with E-state index in [1.807, 2.05) is 11.3 Å². The average molecular weight is 277 g/mol. The lowest BCUT2D eigenvalue weighted by atomic mass is 10.0. The monoisotopic (exact) mass is 276 g/mol. The molecule has 3 rings (SSSR count). The number of fused-ring (bicyclic) bond motifs is 1. The first kappa shape index (κ1) is 12.3. The van der Waals surface area contributed by atoms with Gasteiger partial charge in [-0.25, -0.2) is 0 Å². The molecule has 0 saturated carbocycles. The molecule has 0 radical (unpaired) electrons. The van der Waals surface area contributed by atoms with Crippen LogP contribution in [0.5, 0.6) is 0 Å². The van der Waals surface area contributed by atoms with Gasteiger partial charge in [0.2, 0.25) is 0 Å². The van der Waals surface area contributed by atoms with Crippen molar-refractivity contribution in [1.29, 1.82) is 0 Å². The quantitative estimate of drug-likeness (QED) is 0.663. The van der Waals surface area contributed by atoms with E-state index in [2.05, 4.69) is 38.1 Å². The van der Waals surface area contributed by atoms with Crippen molar-refractivity contribution in [2.45, 2.75) is 38.5 Å². The van der Waals surface area contributed by atoms with Crippen molar-refractivity contribution in [1.82, 2.24) is 0 Å². The molecule has 0 amide bonds. The molecule has 1 aliphatic rings. The maximum atomic E-state index is 6.66. The summed E-state index contributed by atoms with van der Waals surface area (Å²) < 4.78 is 0. The number of halogens is 1. The van der Waals surface area contributed by atoms with E-state index < -0.39 is 0 Å². The minimum atomic E-state index is 0.000787. The third-order valence-electron chi connectivity index (χ3n) is 3.77. The second-order valence-electron chi connectivity index (χ2n) is 5.11. The zero-order chi connectivity index (χ0) is 12.7. The van der Waals surface area contributed by atoms with Crippen LogP contribution in [0.25, 0.3) is 0 Å². The number of hydrogen-bond donors (Lipinski definition) is 0. The molecule has 0 aliphatic heterocycles. The predicted molar refractivity (Wildman–Crippen MR) is 80.0 cm³/mol. The molecule has 0 N–H and O–H groups in total. The fraction of sp³-hybridized carbons (Fsp3) is 0.375. The van der Waals surface area contributed by atoms with E-state index in [0.29, 0.717) is 0 Å². The Kier molecular flexibility index (Phi) is 3.21. The van der Waals surface area contributed by atoms with Crippen LogP contribution in [0.3, 0.4) is 0 Å². The summed E-state index contributed by atoms with van der Waals surface area (Å²) in [4.78, 5) is 2.68. The maximum absolute atomic E-state index is 6.66. The molecule has 2 heteroatoms. The van der Waals surface area contributed by atoms with E-state index in [-0.39, 0.29) is 5.38 Å². The summed E-state index contributed by atoms with van der Waals surface area (Å²) in [5.41, 5.74) is 5.54. The standard InChI is InChI=1S/C16H17ClS/c1-10-8-15(11(2)18-10)16(17)14-7-6-12-4-3-5-13(12)9-14/h6-9,16H,3-5H2,1-2H3. The Morgan fingerprint density at radius 3 is 2.61 bits per heavy atom. The van der Waals surface area contributed by atoms with E-state index in [1.165, 1.54) is 51.3 Å². The highest BCUT2D eigenvalue weighted by molar-refractivity contribution is 7.12. The van der Waals surface area contributed by atoms with Crippen molar-refractivity contribution in [2.24, 2.45) is 0 Å². The lowest BCUT2D eigenvalue weighted by Gasteiger charge is -2.11. The van der Waals surface area contributed by atoms with E-state index >= 15 is 0 Å². The van der Waals surface area contributed by atoms with Gasteiger partial charge in [0.1, 0.15) is 0 Å². The Labute approximate surface area is 118 Å². The topological polar surface area (TPSA) is 0 Å². The van der Waals surface area contributed by atoms with Gasteiger partial charge in [-0.3, -0.25) is 0 Å². The molecule has 1 aliphatic carbocycles. The number of hydrogen-bond acceptors (Lipinski definition) is 1. The maximum Gasteiger partial charge on any atom is 0.0846 e. The summed E-state index contributed by atoms with van der Waals surface area (Å²) in [7, 11) is 0. The molecule has 0 spiro atoms. The van der Waals surface area contributed by atoms with E-state index in [0.717, 1.165) is 0 Å². The number of aryl methyl sites for hydroxylation is 4. The molecule has 0 saturated heterocycles. The van der Waals surface area contributed by atoms with Gasteiger partial charge in [0, 0.05) is 9.75 Å². The molecule has 94 valence electrons. The Balaban J connectivity index is 1.97. The molecule has 1 aromatic heterocycles. The molecule has 1 aromatic carbocycles. The van der Waals surface area contributed by atoms with Crippen LogP contribution in [0.4, 0.5) is 0 Å². The summed E-state index contributed by atoms with van der Waals surface area (Å²) >= 11 is 8.49. The molecule has 2 aromatic rings. The number of alkyl halides is 1. The van der Waals surface area contributed by atoms with Crippen molar-refractivity contribution in [2.75, 3.05) is 0 Å². The summed E-state index contributed by atoms with van der Waals surface area (Å²) in [6.07, 6.45) is 3.75. The Bertz CT molecular complexity index is 583. The minimum Gasteiger partial charge on any atom is -0.146 e. The summed E-state index contributed by atoms with van der Waals surface area (Å²) in [6, 6.07) is 9.01. The van der Waals surface area contributed by atoms with E-state index in [9.17, 15) is 0 Å². The minimum absolute atomic E-state index is 0.000787. The highest BCUT2D eigenvalue weighted by Crippen LogP contribution is 2.36. The third-order valence-corrected chi connectivity index (χ3v) is 5.24. The first-order chi connectivity index (χ1) is 8.65. The van der Waals surface area contributed by atoms with Gasteiger partial charge in [0.15, 0.2) is 0 Å². The van der Waals surface area contributed by atoms with Crippen LogP contribution in [0, 0.1) is 13.8 Å². The molecule has 0 nitrogen and oxygen atoms in total. The van der Waals surface area contributed by atoms with Crippen molar-refractivity contribution < 1.29 is 0 Å². The Hall–Kier alpha value is -0.790. The third kappa shape index (κ3) is 2.10. The predicted octanol–water partition coefficient (Wildman–Crippen LogP) is 5.18. The SMILES string of the molecule is Cc1cc(C(Cl)c2ccc3c(c2)CCC3)c(C)s1. The average Bonchev–Trinajstić information content (AvgIpc) is 2.93. The second-order valence-corrected chi connectivity index (χ2v) is 7.01. The van der Waals surface area contributed by atoms with Crippen LogP contribution < -0.4 is 0 Å². The fourth-order valence-electron chi connectivity index (χ4n) is 2.83. The van der Waals surface area contributed by atoms with Crippen LogP contribution in [0.2, 0.25) is 0 Å². The van der Waals surface area contributed by atoms with E-state index in [1.54, 1.807) is 0 Å². The van der Waals surface area contributed by atoms with Crippen molar-refractivity contribution in [3.63, 3.8) is 0 Å². The van der Waals surface area contributed by atoms with Crippen molar-refractivity contribution in [3.05, 3.63) is 56.3 Å². The molecule has 1 atom stereocenters. The van der Waals surface area contributed by atoms with Gasteiger partial charge >= 0.3 is 0 Å². The van der Waals surface area contributed by atoms with Gasteiger partial charge in [-0.15, -0.1) is 22.9 Å². The number of rotatable bonds is 2. The smallest absolute Gasteiger partial charge is 0.0846 e. The normalized spacial score (nSPS) is 15.7. The van der Waals surface area contributed by atoms with E-state index in [4.69, 9.17) is 11.6 Å². The molecule has 18 heavy (non-hydrogen) atoms. The van der Waals surface area contributed by atoms with Gasteiger partial charge in [0.05, 0.1) is 5.38 Å². The van der Waals surface area contributed by atoms with Gasteiger partial charge < -0.3 is 0 Å². The zero-order valence-electron chi connectivity index (χ0n) is 10.8. The lowest BCUT2D eigenvalue weighted by Crippen LogP contribution is -1.95. The molecule has 0 bridgehead atoms. The van der Waals surface area contributed by atoms with Gasteiger partial charge in [-0.2, -0.15) is 0 Å². The Morgan fingerprint density at radius 2 is 1.89 bits per heavy atom. The van der Waals surface area contributed by atoms with Crippen molar-refractivity contribution >= 4 is 22.9 Å². The zero-order valence-corrected chi connectivity index (χ0v) is 12.4. The largest absolute Gasteiger partial charge is 0.146 e. The summed E-state index contributed by atoms with van der Waals surface area (Å²) in [6.45, 7) is 4.31. The highest BCUT2D eigenvalue weighted by atomic mass is 35.5. The fourth-order valence-corrected chi connectivity index (χ4v) is 4.22. The molecule has 0 fully saturated rings. The number of benzene rings is 1. The highest BCUT2D eigenvalue weighted by Gasteiger charge is 2.18. The lowest BCUT2D eigenvalue weighted by molar-refractivity contribution is 0.911. The van der Waals surface area contributed by atoms with Gasteiger partial charge in [-0.1, -0.05) is 18.2 Å².